The van der Waals surface area contributed by atoms with Crippen molar-refractivity contribution in [1.29, 1.82) is 0 Å². The molecule has 0 atom stereocenters. The molecular weight excluding hydrogens is 477 g/mol. The first-order chi connectivity index (χ1) is 12.2. The second kappa shape index (κ2) is 10.6. The minimum Gasteiger partial charge on any atom is -0.351 e. The summed E-state index contributed by atoms with van der Waals surface area (Å²) in [6, 6.07) is 4.35. The van der Waals surface area contributed by atoms with Crippen molar-refractivity contribution in [3.63, 3.8) is 0 Å². The molecular formula is C18H28IN5S2. The third-order valence-electron chi connectivity index (χ3n) is 4.33. The van der Waals surface area contributed by atoms with Gasteiger partial charge < -0.3 is 10.2 Å². The minimum atomic E-state index is 0. The second-order valence-corrected chi connectivity index (χ2v) is 8.50. The molecule has 0 bridgehead atoms. The van der Waals surface area contributed by atoms with Gasteiger partial charge in [-0.05, 0) is 11.4 Å². The van der Waals surface area contributed by atoms with Gasteiger partial charge in [-0.3, -0.25) is 9.89 Å². The standard InChI is InChI=1S/C18H27N5S2.HI/c1-14(2)17-21-15(13-25-17)11-20-18(19-3)23-8-6-22(7-9-23)12-16-5-4-10-24-16;/h4-5,10,13-14H,6-9,11-12H2,1-3H3,(H,19,20);1H. The zero-order chi connectivity index (χ0) is 17.6. The Balaban J connectivity index is 0.00000243. The van der Waals surface area contributed by atoms with E-state index in [4.69, 9.17) is 4.98 Å². The van der Waals surface area contributed by atoms with Crippen molar-refractivity contribution in [3.8, 4) is 0 Å². The number of hydrogen-bond acceptors (Lipinski definition) is 5. The van der Waals surface area contributed by atoms with E-state index in [2.05, 4.69) is 56.8 Å². The topological polar surface area (TPSA) is 43.8 Å². The lowest BCUT2D eigenvalue weighted by Gasteiger charge is -2.36. The first kappa shape index (κ1) is 21.6. The van der Waals surface area contributed by atoms with Crippen molar-refractivity contribution >= 4 is 52.6 Å². The van der Waals surface area contributed by atoms with Crippen molar-refractivity contribution in [1.82, 2.24) is 20.1 Å². The van der Waals surface area contributed by atoms with Crippen molar-refractivity contribution in [2.75, 3.05) is 33.2 Å². The Kier molecular flexibility index (Phi) is 8.78. The number of nitrogens with one attached hydrogen (secondary N) is 1. The number of piperazine rings is 1. The van der Waals surface area contributed by atoms with Crippen LogP contribution in [-0.4, -0.2) is 54.0 Å². The van der Waals surface area contributed by atoms with Crippen molar-refractivity contribution in [2.24, 2.45) is 4.99 Å². The lowest BCUT2D eigenvalue weighted by molar-refractivity contribution is 0.173. The van der Waals surface area contributed by atoms with E-state index in [-0.39, 0.29) is 24.0 Å². The summed E-state index contributed by atoms with van der Waals surface area (Å²) in [4.78, 5) is 15.5. The van der Waals surface area contributed by atoms with Gasteiger partial charge in [0.25, 0.3) is 0 Å². The van der Waals surface area contributed by atoms with Gasteiger partial charge in [-0.1, -0.05) is 19.9 Å². The number of nitrogens with zero attached hydrogens (tertiary/aromatic N) is 4. The average molecular weight is 505 g/mol. The molecule has 3 rings (SSSR count). The van der Waals surface area contributed by atoms with E-state index in [1.54, 1.807) is 11.3 Å². The van der Waals surface area contributed by atoms with Crippen LogP contribution in [0.4, 0.5) is 0 Å². The Hall–Kier alpha value is -0.710. The van der Waals surface area contributed by atoms with Crippen LogP contribution in [0.1, 0.15) is 35.3 Å². The molecule has 1 fully saturated rings. The summed E-state index contributed by atoms with van der Waals surface area (Å²) in [7, 11) is 1.86. The molecule has 1 N–H and O–H groups in total. The minimum absolute atomic E-state index is 0. The first-order valence-corrected chi connectivity index (χ1v) is 10.6. The smallest absolute Gasteiger partial charge is 0.194 e. The molecule has 8 heteroatoms. The predicted molar refractivity (Wildman–Crippen MR) is 123 cm³/mol. The quantitative estimate of drug-likeness (QED) is 0.381. The third-order valence-corrected chi connectivity index (χ3v) is 6.39. The van der Waals surface area contributed by atoms with Gasteiger partial charge in [0.1, 0.15) is 0 Å². The van der Waals surface area contributed by atoms with Gasteiger partial charge in [0.05, 0.1) is 17.2 Å². The Morgan fingerprint density at radius 2 is 2.04 bits per heavy atom. The molecule has 1 aliphatic heterocycles. The molecule has 2 aromatic rings. The summed E-state index contributed by atoms with van der Waals surface area (Å²) in [6.45, 7) is 10.4. The molecule has 2 aromatic heterocycles. The fourth-order valence-corrected chi connectivity index (χ4v) is 4.49. The maximum absolute atomic E-state index is 4.69. The van der Waals surface area contributed by atoms with Gasteiger partial charge in [-0.2, -0.15) is 0 Å². The second-order valence-electron chi connectivity index (χ2n) is 6.58. The van der Waals surface area contributed by atoms with Gasteiger partial charge in [-0.25, -0.2) is 4.98 Å². The van der Waals surface area contributed by atoms with Crippen LogP contribution in [0.5, 0.6) is 0 Å². The molecule has 5 nitrogen and oxygen atoms in total. The lowest BCUT2D eigenvalue weighted by atomic mass is 10.2. The highest BCUT2D eigenvalue weighted by Crippen LogP contribution is 2.19. The molecule has 144 valence electrons. The van der Waals surface area contributed by atoms with Crippen molar-refractivity contribution in [3.05, 3.63) is 38.5 Å². The van der Waals surface area contributed by atoms with Gasteiger partial charge in [0.15, 0.2) is 5.96 Å². The summed E-state index contributed by atoms with van der Waals surface area (Å²) in [5.74, 6) is 1.48. The molecule has 0 aliphatic carbocycles. The largest absolute Gasteiger partial charge is 0.351 e. The van der Waals surface area contributed by atoms with E-state index in [1.165, 1.54) is 9.88 Å². The molecule has 0 amide bonds. The predicted octanol–water partition coefficient (Wildman–Crippen LogP) is 3.84. The highest BCUT2D eigenvalue weighted by atomic mass is 127. The molecule has 0 radical (unpaired) electrons. The van der Waals surface area contributed by atoms with Crippen LogP contribution in [0, 0.1) is 0 Å². The highest BCUT2D eigenvalue weighted by Gasteiger charge is 2.20. The van der Waals surface area contributed by atoms with Gasteiger partial charge in [0.2, 0.25) is 0 Å². The Morgan fingerprint density at radius 1 is 1.27 bits per heavy atom. The molecule has 26 heavy (non-hydrogen) atoms. The fourth-order valence-electron chi connectivity index (χ4n) is 2.91. The van der Waals surface area contributed by atoms with E-state index in [9.17, 15) is 0 Å². The Morgan fingerprint density at radius 3 is 2.62 bits per heavy atom. The van der Waals surface area contributed by atoms with E-state index in [0.717, 1.165) is 50.9 Å². The normalized spacial score (nSPS) is 16.0. The van der Waals surface area contributed by atoms with Crippen LogP contribution in [-0.2, 0) is 13.1 Å². The summed E-state index contributed by atoms with van der Waals surface area (Å²) in [5, 5.41) is 8.98. The van der Waals surface area contributed by atoms with Crippen molar-refractivity contribution < 1.29 is 0 Å². The number of thiazole rings is 1. The number of aliphatic imine (C=N–C) groups is 1. The van der Waals surface area contributed by atoms with Gasteiger partial charge in [0, 0.05) is 55.9 Å². The first-order valence-electron chi connectivity index (χ1n) is 8.80. The molecule has 1 saturated heterocycles. The summed E-state index contributed by atoms with van der Waals surface area (Å²) < 4.78 is 0. The molecule has 1 aliphatic rings. The lowest BCUT2D eigenvalue weighted by Crippen LogP contribution is -2.52. The number of halogens is 1. The summed E-state index contributed by atoms with van der Waals surface area (Å²) >= 11 is 3.58. The van der Waals surface area contributed by atoms with Crippen LogP contribution >= 0.6 is 46.7 Å². The summed E-state index contributed by atoms with van der Waals surface area (Å²) in [5.41, 5.74) is 1.10. The Labute approximate surface area is 181 Å². The van der Waals surface area contributed by atoms with E-state index < -0.39 is 0 Å². The van der Waals surface area contributed by atoms with Gasteiger partial charge in [-0.15, -0.1) is 46.7 Å². The average Bonchev–Trinajstić information content (AvgIpc) is 3.28. The van der Waals surface area contributed by atoms with E-state index in [0.29, 0.717) is 5.92 Å². The monoisotopic (exact) mass is 505 g/mol. The number of hydrogen-bond donors (Lipinski definition) is 1. The van der Waals surface area contributed by atoms with E-state index >= 15 is 0 Å². The molecule has 0 unspecified atom stereocenters. The zero-order valence-corrected chi connectivity index (χ0v) is 19.6. The van der Waals surface area contributed by atoms with E-state index in [1.807, 2.05) is 18.4 Å². The molecule has 0 aromatic carbocycles. The highest BCUT2D eigenvalue weighted by molar-refractivity contribution is 14.0. The van der Waals surface area contributed by atoms with Crippen molar-refractivity contribution in [2.45, 2.75) is 32.9 Å². The van der Waals surface area contributed by atoms with Crippen LogP contribution < -0.4 is 5.32 Å². The number of thiophene rings is 1. The zero-order valence-electron chi connectivity index (χ0n) is 15.6. The van der Waals surface area contributed by atoms with Gasteiger partial charge >= 0.3 is 0 Å². The van der Waals surface area contributed by atoms with Crippen LogP contribution in [0.3, 0.4) is 0 Å². The van der Waals surface area contributed by atoms with Crippen LogP contribution in [0.15, 0.2) is 27.9 Å². The molecule has 0 saturated carbocycles. The SMILES string of the molecule is CN=C(NCc1csc(C(C)C)n1)N1CCN(Cc2cccs2)CC1.I. The Bertz CT molecular complexity index is 676. The number of guanidine groups is 1. The fraction of sp³-hybridized carbons (Fsp3) is 0.556. The van der Waals surface area contributed by atoms with Crippen LogP contribution in [0.2, 0.25) is 0 Å². The molecule has 0 spiro atoms. The number of aromatic nitrogens is 1. The third kappa shape index (κ3) is 5.90. The van der Waals surface area contributed by atoms with Crippen LogP contribution in [0.25, 0.3) is 0 Å². The summed E-state index contributed by atoms with van der Waals surface area (Å²) in [6.07, 6.45) is 0. The molecule has 3 heterocycles. The maximum atomic E-state index is 4.69. The number of rotatable bonds is 5. The maximum Gasteiger partial charge on any atom is 0.194 e.